The number of halogens is 2. The molecule has 2 aromatic carbocycles. The first-order valence-electron chi connectivity index (χ1n) is 6.70. The van der Waals surface area contributed by atoms with Crippen LogP contribution in [0.3, 0.4) is 0 Å². The summed E-state index contributed by atoms with van der Waals surface area (Å²) in [7, 11) is 0. The summed E-state index contributed by atoms with van der Waals surface area (Å²) in [6.07, 6.45) is 3.12. The molecule has 0 atom stereocenters. The number of hydrogen-bond donors (Lipinski definition) is 0. The van der Waals surface area contributed by atoms with Gasteiger partial charge in [0.25, 0.3) is 0 Å². The summed E-state index contributed by atoms with van der Waals surface area (Å²) in [5.41, 5.74) is 1.46. The van der Waals surface area contributed by atoms with Gasteiger partial charge in [-0.05, 0) is 35.9 Å². The van der Waals surface area contributed by atoms with Crippen LogP contribution in [-0.2, 0) is 6.54 Å². The summed E-state index contributed by atoms with van der Waals surface area (Å²) in [4.78, 5) is 16.0. The van der Waals surface area contributed by atoms with E-state index in [9.17, 15) is 4.79 Å². The molecule has 0 spiro atoms. The van der Waals surface area contributed by atoms with E-state index in [0.717, 1.165) is 10.0 Å². The van der Waals surface area contributed by atoms with E-state index < -0.39 is 5.97 Å². The largest absolute Gasteiger partial charge is 0.421 e. The van der Waals surface area contributed by atoms with Crippen molar-refractivity contribution in [2.45, 2.75) is 6.54 Å². The van der Waals surface area contributed by atoms with Gasteiger partial charge in [0.15, 0.2) is 0 Å². The maximum absolute atomic E-state index is 12.2. The van der Waals surface area contributed by atoms with Gasteiger partial charge in [0.1, 0.15) is 18.4 Å². The monoisotopic (exact) mass is 391 g/mol. The van der Waals surface area contributed by atoms with E-state index in [-0.39, 0.29) is 0 Å². The molecular formula is C16H11BrClN3O2. The molecule has 5 nitrogen and oxygen atoms in total. The number of carbonyl (C=O) groups is 1. The predicted molar refractivity (Wildman–Crippen MR) is 89.7 cm³/mol. The second-order valence-corrected chi connectivity index (χ2v) is 6.08. The van der Waals surface area contributed by atoms with Gasteiger partial charge in [-0.15, -0.1) is 0 Å². The van der Waals surface area contributed by atoms with Crippen LogP contribution in [0.1, 0.15) is 15.9 Å². The van der Waals surface area contributed by atoms with Crippen molar-refractivity contribution in [1.29, 1.82) is 0 Å². The third-order valence-electron chi connectivity index (χ3n) is 3.10. The molecule has 0 amide bonds. The standard InChI is InChI=1S/C16H11BrClN3O2/c17-13-5-6-15(14(18)7-13)23-16(22)12-3-1-11(2-4-12)8-21-10-19-9-20-21/h1-7,9-10H,8H2. The second-order valence-electron chi connectivity index (χ2n) is 4.75. The molecule has 116 valence electrons. The van der Waals surface area contributed by atoms with E-state index in [1.807, 2.05) is 12.1 Å². The van der Waals surface area contributed by atoms with Crippen LogP contribution in [0.25, 0.3) is 0 Å². The maximum Gasteiger partial charge on any atom is 0.343 e. The number of ether oxygens (including phenoxy) is 1. The molecule has 0 aliphatic heterocycles. The highest BCUT2D eigenvalue weighted by atomic mass is 79.9. The third-order valence-corrected chi connectivity index (χ3v) is 3.89. The SMILES string of the molecule is O=C(Oc1ccc(Br)cc1Cl)c1ccc(Cn2cncn2)cc1. The molecule has 7 heteroatoms. The lowest BCUT2D eigenvalue weighted by molar-refractivity contribution is 0.0735. The van der Waals surface area contributed by atoms with E-state index in [2.05, 4.69) is 26.0 Å². The fourth-order valence-electron chi connectivity index (χ4n) is 1.96. The lowest BCUT2D eigenvalue weighted by Crippen LogP contribution is -2.09. The minimum atomic E-state index is -0.457. The van der Waals surface area contributed by atoms with Crippen LogP contribution in [0.2, 0.25) is 5.02 Å². The zero-order chi connectivity index (χ0) is 16.2. The fraction of sp³-hybridized carbons (Fsp3) is 0.0625. The molecule has 0 N–H and O–H groups in total. The van der Waals surface area contributed by atoms with Gasteiger partial charge in [-0.25, -0.2) is 14.5 Å². The highest BCUT2D eigenvalue weighted by Crippen LogP contribution is 2.28. The van der Waals surface area contributed by atoms with Gasteiger partial charge in [-0.3, -0.25) is 0 Å². The van der Waals surface area contributed by atoms with Gasteiger partial charge in [-0.2, -0.15) is 5.10 Å². The molecule has 0 unspecified atom stereocenters. The Morgan fingerprint density at radius 2 is 2.00 bits per heavy atom. The number of nitrogens with zero attached hydrogens (tertiary/aromatic N) is 3. The first-order valence-corrected chi connectivity index (χ1v) is 7.87. The van der Waals surface area contributed by atoms with Gasteiger partial charge >= 0.3 is 5.97 Å². The number of esters is 1. The fourth-order valence-corrected chi connectivity index (χ4v) is 2.68. The van der Waals surface area contributed by atoms with E-state index in [4.69, 9.17) is 16.3 Å². The lowest BCUT2D eigenvalue weighted by Gasteiger charge is -2.07. The van der Waals surface area contributed by atoms with Crippen LogP contribution in [-0.4, -0.2) is 20.7 Å². The molecule has 1 aromatic heterocycles. The number of hydrogen-bond acceptors (Lipinski definition) is 4. The Morgan fingerprint density at radius 1 is 1.22 bits per heavy atom. The van der Waals surface area contributed by atoms with Crippen LogP contribution in [0.4, 0.5) is 0 Å². The molecule has 0 aliphatic carbocycles. The Bertz CT molecular complexity index is 820. The van der Waals surface area contributed by atoms with Crippen molar-refractivity contribution in [2.24, 2.45) is 0 Å². The predicted octanol–water partition coefficient (Wildman–Crippen LogP) is 3.96. The molecule has 0 saturated carbocycles. The molecule has 3 rings (SSSR count). The van der Waals surface area contributed by atoms with Gasteiger partial charge in [0.05, 0.1) is 17.1 Å². The van der Waals surface area contributed by atoms with Crippen molar-refractivity contribution in [3.63, 3.8) is 0 Å². The van der Waals surface area contributed by atoms with Crippen LogP contribution >= 0.6 is 27.5 Å². The quantitative estimate of drug-likeness (QED) is 0.498. The topological polar surface area (TPSA) is 57.0 Å². The Labute approximate surface area is 146 Å². The Balaban J connectivity index is 1.70. The first kappa shape index (κ1) is 15.7. The minimum Gasteiger partial charge on any atom is -0.421 e. The van der Waals surface area contributed by atoms with E-state index in [0.29, 0.717) is 22.9 Å². The number of carbonyl (C=O) groups excluding carboxylic acids is 1. The number of benzene rings is 2. The molecule has 23 heavy (non-hydrogen) atoms. The molecule has 0 fully saturated rings. The number of aromatic nitrogens is 3. The van der Waals surface area contributed by atoms with Crippen molar-refractivity contribution in [2.75, 3.05) is 0 Å². The molecule has 3 aromatic rings. The Hall–Kier alpha value is -2.18. The van der Waals surface area contributed by atoms with E-state index in [1.165, 1.54) is 6.33 Å². The maximum atomic E-state index is 12.2. The van der Waals surface area contributed by atoms with Crippen LogP contribution in [0, 0.1) is 0 Å². The van der Waals surface area contributed by atoms with Crippen LogP contribution in [0.15, 0.2) is 59.6 Å². The van der Waals surface area contributed by atoms with Gasteiger partial charge < -0.3 is 4.74 Å². The summed E-state index contributed by atoms with van der Waals surface area (Å²) in [6.45, 7) is 0.591. The second kappa shape index (κ2) is 6.93. The molecule has 0 aliphatic rings. The highest BCUT2D eigenvalue weighted by molar-refractivity contribution is 9.10. The van der Waals surface area contributed by atoms with Crippen molar-refractivity contribution in [3.05, 3.63) is 75.7 Å². The zero-order valence-corrected chi connectivity index (χ0v) is 14.2. The van der Waals surface area contributed by atoms with E-state index >= 15 is 0 Å². The lowest BCUT2D eigenvalue weighted by atomic mass is 10.1. The smallest absolute Gasteiger partial charge is 0.343 e. The zero-order valence-electron chi connectivity index (χ0n) is 11.8. The van der Waals surface area contributed by atoms with Gasteiger partial charge in [0, 0.05) is 4.47 Å². The normalized spacial score (nSPS) is 10.5. The van der Waals surface area contributed by atoms with Gasteiger partial charge in [0.2, 0.25) is 0 Å². The van der Waals surface area contributed by atoms with Gasteiger partial charge in [-0.1, -0.05) is 39.7 Å². The Kier molecular flexibility index (Phi) is 4.73. The molecule has 1 heterocycles. The summed E-state index contributed by atoms with van der Waals surface area (Å²) in [5, 5.41) is 4.41. The molecule has 0 saturated heterocycles. The number of rotatable bonds is 4. The summed E-state index contributed by atoms with van der Waals surface area (Å²) < 4.78 is 7.84. The summed E-state index contributed by atoms with van der Waals surface area (Å²) in [5.74, 6) is -0.131. The molecule has 0 radical (unpaired) electrons. The van der Waals surface area contributed by atoms with Crippen LogP contribution in [0.5, 0.6) is 5.75 Å². The molecular weight excluding hydrogens is 382 g/mol. The van der Waals surface area contributed by atoms with Crippen molar-refractivity contribution >= 4 is 33.5 Å². The average Bonchev–Trinajstić information content (AvgIpc) is 3.04. The third kappa shape index (κ3) is 3.97. The highest BCUT2D eigenvalue weighted by Gasteiger charge is 2.11. The van der Waals surface area contributed by atoms with Crippen molar-refractivity contribution < 1.29 is 9.53 Å². The Morgan fingerprint density at radius 3 is 2.65 bits per heavy atom. The van der Waals surface area contributed by atoms with E-state index in [1.54, 1.807) is 41.3 Å². The summed E-state index contributed by atoms with van der Waals surface area (Å²) in [6, 6.07) is 12.2. The first-order chi connectivity index (χ1) is 11.1. The van der Waals surface area contributed by atoms with Crippen LogP contribution < -0.4 is 4.74 Å². The average molecular weight is 393 g/mol. The minimum absolute atomic E-state index is 0.326. The summed E-state index contributed by atoms with van der Waals surface area (Å²) >= 11 is 9.35. The molecule has 0 bridgehead atoms. The van der Waals surface area contributed by atoms with Crippen molar-refractivity contribution in [1.82, 2.24) is 14.8 Å². The van der Waals surface area contributed by atoms with Crippen molar-refractivity contribution in [3.8, 4) is 5.75 Å².